The zero-order chi connectivity index (χ0) is 27.2. The number of hydrogen-bond acceptors (Lipinski definition) is 6. The predicted octanol–water partition coefficient (Wildman–Crippen LogP) is 9.23. The van der Waals surface area contributed by atoms with Gasteiger partial charge in [0, 0.05) is 65.4 Å². The molecule has 7 heteroatoms. The number of nitrogens with zero attached hydrogens (tertiary/aromatic N) is 2. The molecule has 0 spiro atoms. The van der Waals surface area contributed by atoms with Crippen LogP contribution in [0.4, 0.5) is 0 Å². The maximum absolute atomic E-state index is 11.7. The minimum Gasteiger partial charge on any atom is -0.512 e. The summed E-state index contributed by atoms with van der Waals surface area (Å²) in [5.41, 5.74) is 4.16. The number of allylic oxidation sites excluding steroid dienone is 2. The quantitative estimate of drug-likeness (QED) is 0.0984. The number of thiophene rings is 1. The van der Waals surface area contributed by atoms with Gasteiger partial charge < -0.3 is 14.5 Å². The Morgan fingerprint density at radius 1 is 1.05 bits per heavy atom. The topological polar surface area (TPSA) is 76.2 Å². The third-order valence-corrected chi connectivity index (χ3v) is 7.99. The largest absolute Gasteiger partial charge is 0.512 e. The summed E-state index contributed by atoms with van der Waals surface area (Å²) in [6, 6.07) is 15.5. The molecule has 0 bridgehead atoms. The average Bonchev–Trinajstić information content (AvgIpc) is 3.54. The molecule has 4 heterocycles. The van der Waals surface area contributed by atoms with Crippen molar-refractivity contribution in [3.8, 4) is 11.3 Å². The summed E-state index contributed by atoms with van der Waals surface area (Å²) in [6.45, 7) is 10.0. The Bertz CT molecular complexity index is 1580. The molecule has 4 aromatic heterocycles. The summed E-state index contributed by atoms with van der Waals surface area (Å²) in [7, 11) is 0. The van der Waals surface area contributed by atoms with Crippen LogP contribution in [0.25, 0.3) is 43.4 Å². The number of benzene rings is 1. The van der Waals surface area contributed by atoms with Gasteiger partial charge in [0.1, 0.15) is 0 Å². The minimum absolute atomic E-state index is 0. The van der Waals surface area contributed by atoms with Crippen molar-refractivity contribution in [2.75, 3.05) is 0 Å². The predicted molar refractivity (Wildman–Crippen MR) is 158 cm³/mol. The SMILES string of the molecule is CCC(CC)C(=O)/C=C(\O)C(CC)CC.Cc1ccc2c(n1)oc1c(-c3cc4sccc4cn3)[c-]ccc12.[Ir]. The maximum atomic E-state index is 11.7. The van der Waals surface area contributed by atoms with E-state index in [0.29, 0.717) is 5.71 Å². The van der Waals surface area contributed by atoms with Crippen LogP contribution in [0, 0.1) is 24.8 Å². The second-order valence-electron chi connectivity index (χ2n) is 9.53. The molecule has 1 aromatic carbocycles. The van der Waals surface area contributed by atoms with E-state index in [-0.39, 0.29) is 43.5 Å². The van der Waals surface area contributed by atoms with Crippen molar-refractivity contribution in [3.05, 3.63) is 71.6 Å². The average molecular weight is 720 g/mol. The molecule has 5 aromatic rings. The second-order valence-corrected chi connectivity index (χ2v) is 10.5. The molecule has 0 aliphatic rings. The van der Waals surface area contributed by atoms with E-state index in [1.807, 2.05) is 59.0 Å². The van der Waals surface area contributed by atoms with Gasteiger partial charge in [0.15, 0.2) is 5.78 Å². The number of aliphatic hydroxyl groups is 1. The fourth-order valence-electron chi connectivity index (χ4n) is 4.68. The van der Waals surface area contributed by atoms with Gasteiger partial charge >= 0.3 is 0 Å². The third-order valence-electron chi connectivity index (χ3n) is 7.11. The van der Waals surface area contributed by atoms with Crippen molar-refractivity contribution in [2.45, 2.75) is 60.3 Å². The van der Waals surface area contributed by atoms with Crippen molar-refractivity contribution in [2.24, 2.45) is 11.8 Å². The van der Waals surface area contributed by atoms with Crippen LogP contribution in [-0.2, 0) is 24.9 Å². The zero-order valence-electron chi connectivity index (χ0n) is 23.1. The number of hydrogen-bond donors (Lipinski definition) is 1. The Hall–Kier alpha value is -2.86. The van der Waals surface area contributed by atoms with Crippen LogP contribution in [0.2, 0.25) is 0 Å². The summed E-state index contributed by atoms with van der Waals surface area (Å²) in [5, 5.41) is 15.1. The van der Waals surface area contributed by atoms with E-state index >= 15 is 0 Å². The Labute approximate surface area is 247 Å². The van der Waals surface area contributed by atoms with Gasteiger partial charge in [-0.05, 0) is 61.9 Å². The summed E-state index contributed by atoms with van der Waals surface area (Å²) in [6.07, 6.45) is 6.81. The first-order chi connectivity index (χ1) is 18.4. The van der Waals surface area contributed by atoms with Crippen LogP contribution in [0.1, 0.15) is 59.1 Å². The number of ketones is 1. The third kappa shape index (κ3) is 6.84. The van der Waals surface area contributed by atoms with Gasteiger partial charge in [-0.1, -0.05) is 44.7 Å². The molecular formula is C32H35IrN2O3S-. The molecule has 0 saturated carbocycles. The summed E-state index contributed by atoms with van der Waals surface area (Å²) in [5.74, 6) is 0.547. The summed E-state index contributed by atoms with van der Waals surface area (Å²) in [4.78, 5) is 20.8. The van der Waals surface area contributed by atoms with Gasteiger partial charge in [-0.15, -0.1) is 29.5 Å². The molecule has 0 unspecified atom stereocenters. The molecule has 0 atom stereocenters. The fourth-order valence-corrected chi connectivity index (χ4v) is 5.47. The number of aromatic nitrogens is 2. The number of furan rings is 1. The number of aliphatic hydroxyl groups excluding tert-OH is 1. The molecule has 5 nitrogen and oxygen atoms in total. The Balaban J connectivity index is 0.000000233. The van der Waals surface area contributed by atoms with Crippen molar-refractivity contribution >= 4 is 49.3 Å². The normalized spacial score (nSPS) is 11.7. The van der Waals surface area contributed by atoms with Crippen LogP contribution in [-0.4, -0.2) is 20.9 Å². The van der Waals surface area contributed by atoms with E-state index in [9.17, 15) is 9.90 Å². The first-order valence-electron chi connectivity index (χ1n) is 13.4. The van der Waals surface area contributed by atoms with Crippen LogP contribution < -0.4 is 0 Å². The van der Waals surface area contributed by atoms with E-state index in [1.54, 1.807) is 11.3 Å². The molecule has 39 heavy (non-hydrogen) atoms. The van der Waals surface area contributed by atoms with Gasteiger partial charge in [0.25, 0.3) is 0 Å². The van der Waals surface area contributed by atoms with Gasteiger partial charge in [-0.3, -0.25) is 4.79 Å². The number of aryl methyl sites for hydroxylation is 1. The van der Waals surface area contributed by atoms with E-state index in [0.717, 1.165) is 64.4 Å². The van der Waals surface area contributed by atoms with Gasteiger partial charge in [0.05, 0.1) is 11.3 Å². The standard InChI is InChI=1S/C19H11N2OS.C13H24O2.Ir/c1-11-5-6-14-13-3-2-4-15(18(13)22-19(14)21-11)16-9-17-12(10-20-16)7-8-23-17;1-5-10(6-2)12(14)9-13(15)11(7-3)8-4;/h2-3,5-10H,1H3;9-11,14H,5-8H2,1-4H3;/q-1;;/b;12-9-;. The zero-order valence-corrected chi connectivity index (χ0v) is 26.3. The molecular weight excluding hydrogens is 685 g/mol. The van der Waals surface area contributed by atoms with E-state index in [1.165, 1.54) is 10.8 Å². The molecule has 0 saturated heterocycles. The monoisotopic (exact) mass is 720 g/mol. The Kier molecular flexibility index (Phi) is 11.0. The van der Waals surface area contributed by atoms with Gasteiger partial charge in [0.2, 0.25) is 5.71 Å². The molecule has 207 valence electrons. The fraction of sp³-hybridized carbons (Fsp3) is 0.344. The maximum Gasteiger partial charge on any atom is 0.216 e. The molecule has 1 N–H and O–H groups in total. The second kappa shape index (κ2) is 14.0. The van der Waals surface area contributed by atoms with Gasteiger partial charge in [-0.25, -0.2) is 4.98 Å². The molecule has 0 aliphatic carbocycles. The van der Waals surface area contributed by atoms with Gasteiger partial charge in [-0.2, -0.15) is 0 Å². The Morgan fingerprint density at radius 3 is 2.46 bits per heavy atom. The summed E-state index contributed by atoms with van der Waals surface area (Å²) < 4.78 is 7.25. The molecule has 1 radical (unpaired) electrons. The van der Waals surface area contributed by atoms with E-state index in [2.05, 4.69) is 39.6 Å². The van der Waals surface area contributed by atoms with E-state index < -0.39 is 0 Å². The number of rotatable bonds is 8. The smallest absolute Gasteiger partial charge is 0.216 e. The first kappa shape index (κ1) is 30.7. The molecule has 5 rings (SSSR count). The van der Waals surface area contributed by atoms with Crippen molar-refractivity contribution in [3.63, 3.8) is 0 Å². The van der Waals surface area contributed by atoms with Crippen LogP contribution in [0.3, 0.4) is 0 Å². The molecule has 0 aliphatic heterocycles. The van der Waals surface area contributed by atoms with Crippen molar-refractivity contribution in [1.29, 1.82) is 0 Å². The minimum atomic E-state index is 0. The van der Waals surface area contributed by atoms with Crippen molar-refractivity contribution < 1.29 is 34.4 Å². The van der Waals surface area contributed by atoms with Crippen molar-refractivity contribution in [1.82, 2.24) is 9.97 Å². The summed E-state index contributed by atoms with van der Waals surface area (Å²) >= 11 is 1.71. The van der Waals surface area contributed by atoms with Crippen LogP contribution in [0.5, 0.6) is 0 Å². The number of carbonyl (C=O) groups excluding carboxylic acids is 1. The first-order valence-corrected chi connectivity index (χ1v) is 14.3. The molecule has 0 fully saturated rings. The number of carbonyl (C=O) groups is 1. The Morgan fingerprint density at radius 2 is 1.77 bits per heavy atom. The van der Waals surface area contributed by atoms with Crippen LogP contribution >= 0.6 is 11.3 Å². The number of fused-ring (bicyclic) bond motifs is 4. The van der Waals surface area contributed by atoms with E-state index in [4.69, 9.17) is 4.42 Å². The number of pyridine rings is 2. The molecule has 0 amide bonds. The van der Waals surface area contributed by atoms with Crippen LogP contribution in [0.15, 0.2) is 64.2 Å².